The van der Waals surface area contributed by atoms with Crippen LogP contribution in [0.4, 0.5) is 0 Å². The lowest BCUT2D eigenvalue weighted by atomic mass is 10.1. The Balaban J connectivity index is 1.84. The summed E-state index contributed by atoms with van der Waals surface area (Å²) in [6, 6.07) is 16.2. The lowest BCUT2D eigenvalue weighted by molar-refractivity contribution is 0.317. The quantitative estimate of drug-likeness (QED) is 0.720. The van der Waals surface area contributed by atoms with Gasteiger partial charge < -0.3 is 9.30 Å². The van der Waals surface area contributed by atoms with Crippen LogP contribution in [0.15, 0.2) is 42.5 Å². The number of rotatable bonds is 5. The summed E-state index contributed by atoms with van der Waals surface area (Å²) < 4.78 is 7.73. The van der Waals surface area contributed by atoms with Crippen molar-refractivity contribution in [3.63, 3.8) is 0 Å². The number of nitriles is 1. The van der Waals surface area contributed by atoms with E-state index in [1.54, 1.807) is 0 Å². The van der Waals surface area contributed by atoms with Gasteiger partial charge in [-0.1, -0.05) is 18.2 Å². The number of hydrogen-bond donors (Lipinski definition) is 0. The molecule has 1 heterocycles. The molecular formula is C19H19N3O. The second kappa shape index (κ2) is 6.53. The largest absolute Gasteiger partial charge is 0.493 e. The van der Waals surface area contributed by atoms with E-state index >= 15 is 0 Å². The fourth-order valence-corrected chi connectivity index (χ4v) is 2.64. The molecule has 0 aliphatic rings. The van der Waals surface area contributed by atoms with E-state index in [1.807, 2.05) is 34.9 Å². The van der Waals surface area contributed by atoms with E-state index in [0.29, 0.717) is 19.6 Å². The molecule has 0 saturated heterocycles. The summed E-state index contributed by atoms with van der Waals surface area (Å²) in [5.41, 5.74) is 4.39. The number of benzene rings is 2. The molecule has 0 radical (unpaired) electrons. The van der Waals surface area contributed by atoms with Gasteiger partial charge >= 0.3 is 0 Å². The van der Waals surface area contributed by atoms with E-state index in [1.165, 1.54) is 11.1 Å². The summed E-state index contributed by atoms with van der Waals surface area (Å²) in [4.78, 5) is 4.70. The Bertz CT molecular complexity index is 860. The first-order valence-corrected chi connectivity index (χ1v) is 7.70. The third kappa shape index (κ3) is 3.19. The van der Waals surface area contributed by atoms with Gasteiger partial charge in [-0.05, 0) is 49.2 Å². The SMILES string of the molecule is Cc1cc2nc(CCOc3ccccc3)n(CC#N)c2cc1C. The van der Waals surface area contributed by atoms with Crippen LogP contribution in [-0.4, -0.2) is 16.2 Å². The van der Waals surface area contributed by atoms with Crippen LogP contribution in [0.5, 0.6) is 5.75 Å². The average Bonchev–Trinajstić information content (AvgIpc) is 2.87. The number of imidazole rings is 1. The van der Waals surface area contributed by atoms with Crippen molar-refractivity contribution >= 4 is 11.0 Å². The highest BCUT2D eigenvalue weighted by molar-refractivity contribution is 5.78. The zero-order valence-corrected chi connectivity index (χ0v) is 13.4. The summed E-state index contributed by atoms with van der Waals surface area (Å²) in [7, 11) is 0. The molecule has 0 bridgehead atoms. The number of fused-ring (bicyclic) bond motifs is 1. The van der Waals surface area contributed by atoms with E-state index in [4.69, 9.17) is 15.0 Å². The Morgan fingerprint density at radius 1 is 1.13 bits per heavy atom. The fourth-order valence-electron chi connectivity index (χ4n) is 2.64. The minimum atomic E-state index is 0.305. The minimum absolute atomic E-state index is 0.305. The molecule has 0 aliphatic heterocycles. The summed E-state index contributed by atoms with van der Waals surface area (Å²) in [6.07, 6.45) is 0.670. The molecule has 1 aromatic heterocycles. The number of nitrogens with zero attached hydrogens (tertiary/aromatic N) is 3. The number of aromatic nitrogens is 2. The summed E-state index contributed by atoms with van der Waals surface area (Å²) >= 11 is 0. The lowest BCUT2D eigenvalue weighted by Gasteiger charge is -2.07. The monoisotopic (exact) mass is 305 g/mol. The molecule has 0 fully saturated rings. The van der Waals surface area contributed by atoms with Crippen LogP contribution in [-0.2, 0) is 13.0 Å². The van der Waals surface area contributed by atoms with Crippen molar-refractivity contribution in [2.24, 2.45) is 0 Å². The molecular weight excluding hydrogens is 286 g/mol. The van der Waals surface area contributed by atoms with Crippen LogP contribution in [0.1, 0.15) is 17.0 Å². The van der Waals surface area contributed by atoms with Crippen molar-refractivity contribution < 1.29 is 4.74 Å². The number of ether oxygens (including phenoxy) is 1. The molecule has 4 nitrogen and oxygen atoms in total. The predicted molar refractivity (Wildman–Crippen MR) is 90.5 cm³/mol. The fraction of sp³-hybridized carbons (Fsp3) is 0.263. The Kier molecular flexibility index (Phi) is 4.29. The van der Waals surface area contributed by atoms with Crippen molar-refractivity contribution in [2.45, 2.75) is 26.8 Å². The van der Waals surface area contributed by atoms with Crippen LogP contribution in [0, 0.1) is 25.2 Å². The first-order valence-electron chi connectivity index (χ1n) is 7.70. The Morgan fingerprint density at radius 2 is 1.87 bits per heavy atom. The van der Waals surface area contributed by atoms with Gasteiger partial charge in [0.15, 0.2) is 0 Å². The molecule has 2 aromatic carbocycles. The summed E-state index contributed by atoms with van der Waals surface area (Å²) in [5, 5.41) is 9.12. The average molecular weight is 305 g/mol. The Labute approximate surface area is 136 Å². The van der Waals surface area contributed by atoms with Crippen molar-refractivity contribution in [3.8, 4) is 11.8 Å². The third-order valence-corrected chi connectivity index (χ3v) is 4.01. The molecule has 4 heteroatoms. The van der Waals surface area contributed by atoms with E-state index in [2.05, 4.69) is 32.0 Å². The molecule has 0 saturated carbocycles. The van der Waals surface area contributed by atoms with Crippen LogP contribution >= 0.6 is 0 Å². The van der Waals surface area contributed by atoms with Gasteiger partial charge in [0.1, 0.15) is 18.1 Å². The number of aryl methyl sites for hydroxylation is 2. The van der Waals surface area contributed by atoms with Gasteiger partial charge in [0.05, 0.1) is 23.7 Å². The van der Waals surface area contributed by atoms with Crippen molar-refractivity contribution in [1.29, 1.82) is 5.26 Å². The maximum Gasteiger partial charge on any atom is 0.119 e. The molecule has 116 valence electrons. The van der Waals surface area contributed by atoms with Crippen molar-refractivity contribution in [2.75, 3.05) is 6.61 Å². The van der Waals surface area contributed by atoms with Gasteiger partial charge in [-0.15, -0.1) is 0 Å². The highest BCUT2D eigenvalue weighted by Gasteiger charge is 2.12. The highest BCUT2D eigenvalue weighted by atomic mass is 16.5. The number of para-hydroxylation sites is 1. The third-order valence-electron chi connectivity index (χ3n) is 4.01. The molecule has 0 aliphatic carbocycles. The predicted octanol–water partition coefficient (Wildman–Crippen LogP) is 3.80. The number of hydrogen-bond acceptors (Lipinski definition) is 3. The van der Waals surface area contributed by atoms with Crippen LogP contribution in [0.3, 0.4) is 0 Å². The Morgan fingerprint density at radius 3 is 2.61 bits per heavy atom. The molecule has 3 rings (SSSR count). The molecule has 0 atom stereocenters. The molecule has 0 spiro atoms. The lowest BCUT2D eigenvalue weighted by Crippen LogP contribution is -2.08. The van der Waals surface area contributed by atoms with Gasteiger partial charge in [0, 0.05) is 6.42 Å². The summed E-state index contributed by atoms with van der Waals surface area (Å²) in [6.45, 7) is 5.00. The normalized spacial score (nSPS) is 10.7. The van der Waals surface area contributed by atoms with Crippen LogP contribution in [0.25, 0.3) is 11.0 Å². The van der Waals surface area contributed by atoms with Gasteiger partial charge in [0.2, 0.25) is 0 Å². The molecule has 0 amide bonds. The van der Waals surface area contributed by atoms with E-state index < -0.39 is 0 Å². The molecule has 3 aromatic rings. The minimum Gasteiger partial charge on any atom is -0.493 e. The van der Waals surface area contributed by atoms with Gasteiger partial charge in [-0.2, -0.15) is 5.26 Å². The zero-order valence-electron chi connectivity index (χ0n) is 13.4. The van der Waals surface area contributed by atoms with E-state index in [-0.39, 0.29) is 0 Å². The smallest absolute Gasteiger partial charge is 0.119 e. The topological polar surface area (TPSA) is 50.8 Å². The van der Waals surface area contributed by atoms with Crippen molar-refractivity contribution in [3.05, 3.63) is 59.4 Å². The first-order chi connectivity index (χ1) is 11.2. The highest BCUT2D eigenvalue weighted by Crippen LogP contribution is 2.21. The maximum atomic E-state index is 9.12. The van der Waals surface area contributed by atoms with Crippen LogP contribution < -0.4 is 4.74 Å². The molecule has 0 N–H and O–H groups in total. The molecule has 0 unspecified atom stereocenters. The van der Waals surface area contributed by atoms with Gasteiger partial charge in [-0.25, -0.2) is 4.98 Å². The van der Waals surface area contributed by atoms with E-state index in [9.17, 15) is 0 Å². The second-order valence-corrected chi connectivity index (χ2v) is 5.61. The van der Waals surface area contributed by atoms with Crippen molar-refractivity contribution in [1.82, 2.24) is 9.55 Å². The second-order valence-electron chi connectivity index (χ2n) is 5.61. The van der Waals surface area contributed by atoms with Crippen LogP contribution in [0.2, 0.25) is 0 Å². The molecule has 23 heavy (non-hydrogen) atoms. The zero-order chi connectivity index (χ0) is 16.2. The van der Waals surface area contributed by atoms with Gasteiger partial charge in [0.25, 0.3) is 0 Å². The van der Waals surface area contributed by atoms with Gasteiger partial charge in [-0.3, -0.25) is 0 Å². The summed E-state index contributed by atoms with van der Waals surface area (Å²) in [5.74, 6) is 1.74. The maximum absolute atomic E-state index is 9.12. The first kappa shape index (κ1) is 15.1. The Hall–Kier alpha value is -2.80. The standard InChI is InChI=1S/C19H19N3O/c1-14-12-17-18(13-15(14)2)22(10-9-20)19(21-17)8-11-23-16-6-4-3-5-7-16/h3-7,12-13H,8,10-11H2,1-2H3. The van der Waals surface area contributed by atoms with E-state index in [0.717, 1.165) is 22.6 Å².